The summed E-state index contributed by atoms with van der Waals surface area (Å²) in [4.78, 5) is 0. The fraction of sp³-hybridized carbons (Fsp3) is 0.143. The van der Waals surface area contributed by atoms with Gasteiger partial charge in [0.05, 0.1) is 0 Å². The third-order valence-electron chi connectivity index (χ3n) is 2.77. The summed E-state index contributed by atoms with van der Waals surface area (Å²) in [6.45, 7) is 2.00. The van der Waals surface area contributed by atoms with Crippen LogP contribution in [-0.2, 0) is 6.42 Å². The van der Waals surface area contributed by atoms with Gasteiger partial charge in [0, 0.05) is 12.0 Å². The van der Waals surface area contributed by atoms with Crippen molar-refractivity contribution in [3.8, 4) is 11.5 Å². The van der Waals surface area contributed by atoms with Gasteiger partial charge in [-0.1, -0.05) is 37.3 Å². The molecule has 0 unspecified atom stereocenters. The highest BCUT2D eigenvalue weighted by atomic mass is 16.4. The summed E-state index contributed by atoms with van der Waals surface area (Å²) in [6, 6.07) is 14.4. The molecule has 17 heavy (non-hydrogen) atoms. The van der Waals surface area contributed by atoms with Gasteiger partial charge in [0.15, 0.2) is 0 Å². The van der Waals surface area contributed by atoms with Crippen LogP contribution in [0, 0.1) is 0 Å². The summed E-state index contributed by atoms with van der Waals surface area (Å²) in [5.74, 6) is 1.26. The van der Waals surface area contributed by atoms with E-state index in [1.807, 2.05) is 25.1 Å². The van der Waals surface area contributed by atoms with E-state index in [4.69, 9.17) is 4.42 Å². The molecule has 0 bridgehead atoms. The monoisotopic (exact) mass is 224 g/mol. The first-order valence-electron chi connectivity index (χ1n) is 5.68. The van der Waals surface area contributed by atoms with Gasteiger partial charge in [0.1, 0.15) is 0 Å². The molecule has 3 nitrogen and oxygen atoms in total. The average molecular weight is 224 g/mol. The number of benzene rings is 2. The molecule has 0 fully saturated rings. The molecule has 3 rings (SSSR count). The predicted molar refractivity (Wildman–Crippen MR) is 66.6 cm³/mol. The van der Waals surface area contributed by atoms with E-state index in [0.717, 1.165) is 12.0 Å². The van der Waals surface area contributed by atoms with E-state index in [1.54, 1.807) is 0 Å². The number of nitrogens with zero attached hydrogens (tertiary/aromatic N) is 2. The zero-order chi connectivity index (χ0) is 11.7. The molecule has 0 radical (unpaired) electrons. The van der Waals surface area contributed by atoms with E-state index in [2.05, 4.69) is 34.5 Å². The quantitative estimate of drug-likeness (QED) is 0.669. The lowest BCUT2D eigenvalue weighted by Gasteiger charge is -1.99. The van der Waals surface area contributed by atoms with Crippen molar-refractivity contribution in [2.45, 2.75) is 13.3 Å². The second-order valence-corrected chi connectivity index (χ2v) is 3.92. The highest BCUT2D eigenvalue weighted by molar-refractivity contribution is 5.86. The lowest BCUT2D eigenvalue weighted by atomic mass is 10.1. The number of aromatic nitrogens is 2. The van der Waals surface area contributed by atoms with Crippen molar-refractivity contribution in [3.05, 3.63) is 48.4 Å². The SMILES string of the molecule is CCc1nnc(-c2ccc3ccccc3c2)o1. The summed E-state index contributed by atoms with van der Waals surface area (Å²) in [6.07, 6.45) is 0.764. The average Bonchev–Trinajstić information content (AvgIpc) is 2.87. The van der Waals surface area contributed by atoms with Crippen LogP contribution in [0.2, 0.25) is 0 Å². The molecule has 0 spiro atoms. The summed E-state index contributed by atoms with van der Waals surface area (Å²) < 4.78 is 5.55. The van der Waals surface area contributed by atoms with Crippen LogP contribution in [0.3, 0.4) is 0 Å². The molecule has 0 amide bonds. The number of hydrogen-bond donors (Lipinski definition) is 0. The minimum atomic E-state index is 0.590. The Hall–Kier alpha value is -2.16. The van der Waals surface area contributed by atoms with Crippen LogP contribution in [0.25, 0.3) is 22.2 Å². The summed E-state index contributed by atoms with van der Waals surface area (Å²) in [5, 5.41) is 10.4. The molecule has 3 aromatic rings. The lowest BCUT2D eigenvalue weighted by molar-refractivity contribution is 0.513. The molecule has 0 N–H and O–H groups in total. The Kier molecular flexibility index (Phi) is 2.37. The largest absolute Gasteiger partial charge is 0.421 e. The topological polar surface area (TPSA) is 38.9 Å². The Morgan fingerprint density at radius 3 is 2.59 bits per heavy atom. The van der Waals surface area contributed by atoms with Crippen molar-refractivity contribution in [1.82, 2.24) is 10.2 Å². The van der Waals surface area contributed by atoms with Gasteiger partial charge in [0.25, 0.3) is 0 Å². The van der Waals surface area contributed by atoms with Gasteiger partial charge in [-0.2, -0.15) is 0 Å². The van der Waals surface area contributed by atoms with Gasteiger partial charge in [-0.15, -0.1) is 10.2 Å². The standard InChI is InChI=1S/C14H12N2O/c1-2-13-15-16-14(17-13)12-8-7-10-5-3-4-6-11(10)9-12/h3-9H,2H2,1H3. The fourth-order valence-corrected chi connectivity index (χ4v) is 1.84. The Morgan fingerprint density at radius 1 is 1.00 bits per heavy atom. The highest BCUT2D eigenvalue weighted by Crippen LogP contribution is 2.23. The first kappa shape index (κ1) is 10.0. The van der Waals surface area contributed by atoms with Crippen LogP contribution >= 0.6 is 0 Å². The molecule has 0 saturated heterocycles. The van der Waals surface area contributed by atoms with Gasteiger partial charge in [-0.05, 0) is 22.9 Å². The van der Waals surface area contributed by atoms with Crippen molar-refractivity contribution >= 4 is 10.8 Å². The zero-order valence-corrected chi connectivity index (χ0v) is 9.55. The maximum Gasteiger partial charge on any atom is 0.247 e. The number of fused-ring (bicyclic) bond motifs is 1. The Bertz CT molecular complexity index is 658. The van der Waals surface area contributed by atoms with Crippen molar-refractivity contribution in [2.75, 3.05) is 0 Å². The Balaban J connectivity index is 2.11. The summed E-state index contributed by atoms with van der Waals surface area (Å²) in [5.41, 5.74) is 0.968. The molecule has 0 saturated carbocycles. The van der Waals surface area contributed by atoms with E-state index in [0.29, 0.717) is 11.8 Å². The molecule has 3 heteroatoms. The van der Waals surface area contributed by atoms with Crippen molar-refractivity contribution in [2.24, 2.45) is 0 Å². The van der Waals surface area contributed by atoms with Crippen molar-refractivity contribution < 1.29 is 4.42 Å². The van der Waals surface area contributed by atoms with Crippen LogP contribution in [0.4, 0.5) is 0 Å². The third kappa shape index (κ3) is 1.80. The number of hydrogen-bond acceptors (Lipinski definition) is 3. The maximum absolute atomic E-state index is 5.55. The molecular weight excluding hydrogens is 212 g/mol. The van der Waals surface area contributed by atoms with Crippen LogP contribution in [-0.4, -0.2) is 10.2 Å². The van der Waals surface area contributed by atoms with Gasteiger partial charge < -0.3 is 4.42 Å². The molecular formula is C14H12N2O. The molecule has 0 aliphatic carbocycles. The highest BCUT2D eigenvalue weighted by Gasteiger charge is 2.07. The first-order valence-corrected chi connectivity index (χ1v) is 5.68. The van der Waals surface area contributed by atoms with Crippen molar-refractivity contribution in [1.29, 1.82) is 0 Å². The van der Waals surface area contributed by atoms with Gasteiger partial charge in [-0.3, -0.25) is 0 Å². The van der Waals surface area contributed by atoms with E-state index >= 15 is 0 Å². The Labute approximate surface area is 99.1 Å². The zero-order valence-electron chi connectivity index (χ0n) is 9.55. The first-order chi connectivity index (χ1) is 8.36. The minimum absolute atomic E-state index is 0.590. The van der Waals surface area contributed by atoms with Crippen LogP contribution in [0.15, 0.2) is 46.9 Å². The molecule has 0 aliphatic rings. The van der Waals surface area contributed by atoms with E-state index < -0.39 is 0 Å². The summed E-state index contributed by atoms with van der Waals surface area (Å²) in [7, 11) is 0. The molecule has 84 valence electrons. The van der Waals surface area contributed by atoms with E-state index in [-0.39, 0.29) is 0 Å². The number of aryl methyl sites for hydroxylation is 1. The normalized spacial score (nSPS) is 10.9. The van der Waals surface area contributed by atoms with Crippen LogP contribution in [0.1, 0.15) is 12.8 Å². The van der Waals surface area contributed by atoms with Gasteiger partial charge >= 0.3 is 0 Å². The maximum atomic E-state index is 5.55. The fourth-order valence-electron chi connectivity index (χ4n) is 1.84. The second-order valence-electron chi connectivity index (χ2n) is 3.92. The van der Waals surface area contributed by atoms with Crippen LogP contribution in [0.5, 0.6) is 0 Å². The lowest BCUT2D eigenvalue weighted by Crippen LogP contribution is -1.79. The molecule has 1 aromatic heterocycles. The smallest absolute Gasteiger partial charge is 0.247 e. The van der Waals surface area contributed by atoms with Gasteiger partial charge in [0.2, 0.25) is 11.8 Å². The van der Waals surface area contributed by atoms with Crippen LogP contribution < -0.4 is 0 Å². The molecule has 2 aromatic carbocycles. The second kappa shape index (κ2) is 4.01. The van der Waals surface area contributed by atoms with E-state index in [1.165, 1.54) is 10.8 Å². The molecule has 1 heterocycles. The van der Waals surface area contributed by atoms with E-state index in [9.17, 15) is 0 Å². The Morgan fingerprint density at radius 2 is 1.82 bits per heavy atom. The molecule has 0 aliphatic heterocycles. The third-order valence-corrected chi connectivity index (χ3v) is 2.77. The molecule has 0 atom stereocenters. The number of rotatable bonds is 2. The minimum Gasteiger partial charge on any atom is -0.421 e. The van der Waals surface area contributed by atoms with Gasteiger partial charge in [-0.25, -0.2) is 0 Å². The van der Waals surface area contributed by atoms with Crippen molar-refractivity contribution in [3.63, 3.8) is 0 Å². The summed E-state index contributed by atoms with van der Waals surface area (Å²) >= 11 is 0. The predicted octanol–water partition coefficient (Wildman–Crippen LogP) is 3.45.